The molecule has 92 valence electrons. The zero-order valence-electron chi connectivity index (χ0n) is 10.3. The Balaban J connectivity index is 2.11. The van der Waals surface area contributed by atoms with Crippen LogP contribution in [0.1, 0.15) is 26.0 Å². The number of esters is 1. The summed E-state index contributed by atoms with van der Waals surface area (Å²) in [5, 5.41) is 3.39. The summed E-state index contributed by atoms with van der Waals surface area (Å²) in [7, 11) is 0. The molecule has 4 heteroatoms. The van der Waals surface area contributed by atoms with E-state index < -0.39 is 0 Å². The number of nitrogens with zero attached hydrogens (tertiary/aromatic N) is 1. The lowest BCUT2D eigenvalue weighted by atomic mass is 10.1. The Morgan fingerprint density at radius 3 is 3.29 bits per heavy atom. The Labute approximate surface area is 101 Å². The van der Waals surface area contributed by atoms with E-state index in [1.54, 1.807) is 0 Å². The highest BCUT2D eigenvalue weighted by Gasteiger charge is 2.17. The number of hydrogen-bond donors (Lipinski definition) is 1. The van der Waals surface area contributed by atoms with Crippen molar-refractivity contribution in [1.29, 1.82) is 0 Å². The van der Waals surface area contributed by atoms with E-state index in [1.165, 1.54) is 0 Å². The Hall–Kier alpha value is -1.71. The highest BCUT2D eigenvalue weighted by atomic mass is 16.5. The van der Waals surface area contributed by atoms with Crippen molar-refractivity contribution < 1.29 is 9.53 Å². The molecule has 0 unspecified atom stereocenters. The third kappa shape index (κ3) is 2.70. The molecule has 0 amide bonds. The molecule has 17 heavy (non-hydrogen) atoms. The quantitative estimate of drug-likeness (QED) is 0.811. The smallest absolute Gasteiger partial charge is 0.309 e. The summed E-state index contributed by atoms with van der Waals surface area (Å²) in [6.07, 6.45) is 4.28. The number of carbonyl (C=O) groups excluding carboxylic acids is 1. The summed E-state index contributed by atoms with van der Waals surface area (Å²) in [6.45, 7) is 5.33. The predicted octanol–water partition coefficient (Wildman–Crippen LogP) is 1.77. The number of nitrogens with one attached hydrogen (secondary N) is 1. The number of ether oxygens (including phenoxy) is 1. The Morgan fingerprint density at radius 2 is 2.53 bits per heavy atom. The molecule has 0 fully saturated rings. The van der Waals surface area contributed by atoms with Gasteiger partial charge in [0.2, 0.25) is 0 Å². The van der Waals surface area contributed by atoms with Crippen molar-refractivity contribution in [3.05, 3.63) is 30.1 Å². The van der Waals surface area contributed by atoms with E-state index >= 15 is 0 Å². The van der Waals surface area contributed by atoms with E-state index in [9.17, 15) is 4.79 Å². The van der Waals surface area contributed by atoms with Gasteiger partial charge in [0.1, 0.15) is 0 Å². The van der Waals surface area contributed by atoms with Gasteiger partial charge in [-0.3, -0.25) is 4.79 Å². The first-order valence-electron chi connectivity index (χ1n) is 5.98. The minimum atomic E-state index is -0.182. The van der Waals surface area contributed by atoms with Crippen LogP contribution in [0, 0.1) is 0 Å². The second-order valence-corrected chi connectivity index (χ2v) is 4.22. The number of carbonyl (C=O) groups is 1. The average molecular weight is 234 g/mol. The van der Waals surface area contributed by atoms with Crippen molar-refractivity contribution in [3.63, 3.8) is 0 Å². The normalized spacial score (nSPS) is 20.8. The third-order valence-electron chi connectivity index (χ3n) is 2.76. The molecule has 1 aliphatic rings. The van der Waals surface area contributed by atoms with Crippen LogP contribution in [-0.4, -0.2) is 23.2 Å². The lowest BCUT2D eigenvalue weighted by molar-refractivity contribution is -0.142. The van der Waals surface area contributed by atoms with Gasteiger partial charge in [0.15, 0.2) is 0 Å². The molecule has 0 aliphatic carbocycles. The van der Waals surface area contributed by atoms with Gasteiger partial charge in [-0.05, 0) is 32.1 Å². The summed E-state index contributed by atoms with van der Waals surface area (Å²) < 4.78 is 7.10. The van der Waals surface area contributed by atoms with E-state index in [0.29, 0.717) is 19.1 Å². The molecular weight excluding hydrogens is 216 g/mol. The molecule has 0 aromatic carbocycles. The van der Waals surface area contributed by atoms with Crippen molar-refractivity contribution in [2.45, 2.75) is 32.9 Å². The van der Waals surface area contributed by atoms with E-state index in [1.807, 2.05) is 19.1 Å². The zero-order valence-corrected chi connectivity index (χ0v) is 10.3. The van der Waals surface area contributed by atoms with E-state index in [-0.39, 0.29) is 5.97 Å². The van der Waals surface area contributed by atoms with Crippen molar-refractivity contribution in [3.8, 4) is 0 Å². The predicted molar refractivity (Wildman–Crippen MR) is 66.3 cm³/mol. The molecule has 0 radical (unpaired) electrons. The maximum absolute atomic E-state index is 11.3. The first-order chi connectivity index (χ1) is 8.20. The van der Waals surface area contributed by atoms with Crippen LogP contribution in [0.4, 0.5) is 0 Å². The van der Waals surface area contributed by atoms with Crippen LogP contribution in [0.3, 0.4) is 0 Å². The van der Waals surface area contributed by atoms with Gasteiger partial charge in [0.25, 0.3) is 0 Å². The zero-order chi connectivity index (χ0) is 12.3. The lowest BCUT2D eigenvalue weighted by Gasteiger charge is -2.26. The topological polar surface area (TPSA) is 43.3 Å². The second-order valence-electron chi connectivity index (χ2n) is 4.22. The van der Waals surface area contributed by atoms with Gasteiger partial charge < -0.3 is 14.6 Å². The first kappa shape index (κ1) is 11.8. The van der Waals surface area contributed by atoms with E-state index in [2.05, 4.69) is 29.1 Å². The first-order valence-corrected chi connectivity index (χ1v) is 5.98. The fraction of sp³-hybridized carbons (Fsp3) is 0.462. The van der Waals surface area contributed by atoms with Crippen LogP contribution in [0.25, 0.3) is 5.70 Å². The van der Waals surface area contributed by atoms with E-state index in [4.69, 9.17) is 4.74 Å². The summed E-state index contributed by atoms with van der Waals surface area (Å²) in [4.78, 5) is 11.3. The van der Waals surface area contributed by atoms with Gasteiger partial charge >= 0.3 is 5.97 Å². The van der Waals surface area contributed by atoms with Crippen LogP contribution >= 0.6 is 0 Å². The van der Waals surface area contributed by atoms with Gasteiger partial charge in [-0.2, -0.15) is 0 Å². The molecule has 1 atom stereocenters. The molecule has 0 saturated heterocycles. The molecule has 1 aliphatic heterocycles. The Bertz CT molecular complexity index is 434. The maximum Gasteiger partial charge on any atom is 0.309 e. The molecule has 0 bridgehead atoms. The molecule has 1 N–H and O–H groups in total. The van der Waals surface area contributed by atoms with Gasteiger partial charge in [-0.1, -0.05) is 0 Å². The molecular formula is C13H18N2O2. The van der Waals surface area contributed by atoms with Gasteiger partial charge in [0.05, 0.1) is 24.4 Å². The van der Waals surface area contributed by atoms with Gasteiger partial charge in [-0.25, -0.2) is 0 Å². The van der Waals surface area contributed by atoms with Crippen molar-refractivity contribution >= 4 is 11.7 Å². The minimum Gasteiger partial charge on any atom is -0.466 e. The van der Waals surface area contributed by atoms with Gasteiger partial charge in [-0.15, -0.1) is 0 Å². The fourth-order valence-corrected chi connectivity index (χ4v) is 2.07. The number of rotatable bonds is 3. The van der Waals surface area contributed by atoms with Crippen molar-refractivity contribution in [2.75, 3.05) is 6.61 Å². The lowest BCUT2D eigenvalue weighted by Crippen LogP contribution is -2.35. The molecule has 0 spiro atoms. The summed E-state index contributed by atoms with van der Waals surface area (Å²) >= 11 is 0. The number of aromatic nitrogens is 1. The highest BCUT2D eigenvalue weighted by Crippen LogP contribution is 2.19. The third-order valence-corrected chi connectivity index (χ3v) is 2.76. The molecule has 0 saturated carbocycles. The molecule has 4 nitrogen and oxygen atoms in total. The summed E-state index contributed by atoms with van der Waals surface area (Å²) in [5.41, 5.74) is 2.15. The summed E-state index contributed by atoms with van der Waals surface area (Å²) in [6, 6.07) is 4.45. The molecule has 1 aromatic heterocycles. The van der Waals surface area contributed by atoms with Crippen LogP contribution < -0.4 is 5.32 Å². The van der Waals surface area contributed by atoms with Crippen molar-refractivity contribution in [1.82, 2.24) is 9.88 Å². The van der Waals surface area contributed by atoms with Crippen LogP contribution in [-0.2, 0) is 16.1 Å². The molecule has 2 rings (SSSR count). The Kier molecular flexibility index (Phi) is 3.52. The SMILES string of the molecule is CCOC(=O)C/C=C1/N[C@@H](C)Cn2cccc21. The number of fused-ring (bicyclic) bond motifs is 1. The largest absolute Gasteiger partial charge is 0.466 e. The van der Waals surface area contributed by atoms with E-state index in [0.717, 1.165) is 17.9 Å². The van der Waals surface area contributed by atoms with Gasteiger partial charge in [0, 0.05) is 18.8 Å². The van der Waals surface area contributed by atoms with Crippen LogP contribution in [0.15, 0.2) is 24.4 Å². The van der Waals surface area contributed by atoms with Crippen LogP contribution in [0.5, 0.6) is 0 Å². The Morgan fingerprint density at radius 1 is 1.71 bits per heavy atom. The highest BCUT2D eigenvalue weighted by molar-refractivity contribution is 5.75. The van der Waals surface area contributed by atoms with Crippen molar-refractivity contribution in [2.24, 2.45) is 0 Å². The standard InChI is InChI=1S/C13H18N2O2/c1-3-17-13(16)7-6-11-12-5-4-8-15(12)9-10(2)14-11/h4-6,8,10,14H,3,7,9H2,1-2H3/b11-6+/t10-/m0/s1. The average Bonchev–Trinajstić information content (AvgIpc) is 2.74. The fourth-order valence-electron chi connectivity index (χ4n) is 2.07. The second kappa shape index (κ2) is 5.08. The summed E-state index contributed by atoms with van der Waals surface area (Å²) in [5.74, 6) is -0.182. The molecule has 2 heterocycles. The van der Waals surface area contributed by atoms with Crippen LogP contribution in [0.2, 0.25) is 0 Å². The maximum atomic E-state index is 11.3. The molecule has 1 aromatic rings. The minimum absolute atomic E-state index is 0.182. The number of hydrogen-bond acceptors (Lipinski definition) is 3. The monoisotopic (exact) mass is 234 g/mol.